The van der Waals surface area contributed by atoms with E-state index in [1.54, 1.807) is 20.8 Å². The monoisotopic (exact) mass is 341 g/mol. The molecule has 2 amide bonds. The molecule has 0 saturated heterocycles. The number of benzene rings is 1. The predicted octanol–water partition coefficient (Wildman–Crippen LogP) is 1.09. The normalized spacial score (nSPS) is 11.8. The summed E-state index contributed by atoms with van der Waals surface area (Å²) in [5.41, 5.74) is 0.00666. The molecule has 0 unspecified atom stereocenters. The van der Waals surface area contributed by atoms with Gasteiger partial charge in [0.25, 0.3) is 0 Å². The number of carbonyl (C=O) groups excluding carboxylic acids is 2. The van der Waals surface area contributed by atoms with Crippen molar-refractivity contribution in [1.29, 1.82) is 0 Å². The van der Waals surface area contributed by atoms with Crippen LogP contribution in [-0.4, -0.2) is 33.3 Å². The number of hydrogen-bond donors (Lipinski definition) is 3. The van der Waals surface area contributed by atoms with Crippen LogP contribution in [0.5, 0.6) is 0 Å². The van der Waals surface area contributed by atoms with E-state index in [2.05, 4.69) is 15.4 Å². The molecule has 0 atom stereocenters. The van der Waals surface area contributed by atoms with Crippen LogP contribution < -0.4 is 15.4 Å². The first kappa shape index (κ1) is 19.1. The number of carbonyl (C=O) groups is 2. The Morgan fingerprint density at radius 2 is 1.61 bits per heavy atom. The summed E-state index contributed by atoms with van der Waals surface area (Å²) in [4.78, 5) is 22.7. The van der Waals surface area contributed by atoms with Crippen LogP contribution in [0.4, 0.5) is 5.69 Å². The van der Waals surface area contributed by atoms with Gasteiger partial charge in [0.1, 0.15) is 0 Å². The molecular formula is C15H23N3O4S. The fourth-order valence-electron chi connectivity index (χ4n) is 1.63. The summed E-state index contributed by atoms with van der Waals surface area (Å²) in [6.45, 7) is 7.02. The molecule has 1 aromatic carbocycles. The molecule has 8 heteroatoms. The van der Waals surface area contributed by atoms with Crippen molar-refractivity contribution in [3.05, 3.63) is 24.3 Å². The van der Waals surface area contributed by atoms with Crippen molar-refractivity contribution in [1.82, 2.24) is 10.0 Å². The van der Waals surface area contributed by atoms with E-state index in [1.807, 2.05) is 0 Å². The van der Waals surface area contributed by atoms with Gasteiger partial charge < -0.3 is 10.6 Å². The summed E-state index contributed by atoms with van der Waals surface area (Å²) in [6.07, 6.45) is 0. The molecule has 1 aromatic rings. The van der Waals surface area contributed by atoms with E-state index in [9.17, 15) is 18.0 Å². The highest BCUT2D eigenvalue weighted by molar-refractivity contribution is 7.89. The summed E-state index contributed by atoms with van der Waals surface area (Å²) in [7, 11) is -3.65. The van der Waals surface area contributed by atoms with Crippen molar-refractivity contribution in [3.8, 4) is 0 Å². The number of rotatable bonds is 6. The Labute approximate surface area is 136 Å². The maximum atomic E-state index is 12.1. The van der Waals surface area contributed by atoms with Gasteiger partial charge in [0.2, 0.25) is 21.8 Å². The van der Waals surface area contributed by atoms with Crippen molar-refractivity contribution in [2.24, 2.45) is 5.41 Å². The number of anilines is 1. The van der Waals surface area contributed by atoms with E-state index in [1.165, 1.54) is 31.2 Å². The Hall–Kier alpha value is -1.93. The minimum absolute atomic E-state index is 0.0914. The van der Waals surface area contributed by atoms with Gasteiger partial charge in [-0.1, -0.05) is 20.8 Å². The van der Waals surface area contributed by atoms with Crippen LogP contribution in [0.2, 0.25) is 0 Å². The summed E-state index contributed by atoms with van der Waals surface area (Å²) in [5.74, 6) is -0.371. The maximum Gasteiger partial charge on any atom is 0.240 e. The summed E-state index contributed by atoms with van der Waals surface area (Å²) < 4.78 is 26.6. The average Bonchev–Trinajstić information content (AvgIpc) is 2.42. The van der Waals surface area contributed by atoms with E-state index < -0.39 is 15.4 Å². The third-order valence-electron chi connectivity index (χ3n) is 2.87. The van der Waals surface area contributed by atoms with Crippen LogP contribution in [-0.2, 0) is 19.6 Å². The summed E-state index contributed by atoms with van der Waals surface area (Å²) in [5, 5.41) is 5.22. The van der Waals surface area contributed by atoms with Gasteiger partial charge in [-0.15, -0.1) is 0 Å². The first-order valence-corrected chi connectivity index (χ1v) is 8.66. The molecule has 1 rings (SSSR count). The molecule has 0 bridgehead atoms. The fourth-order valence-corrected chi connectivity index (χ4v) is 2.66. The number of amides is 2. The topological polar surface area (TPSA) is 104 Å². The van der Waals surface area contributed by atoms with Gasteiger partial charge in [-0.2, -0.15) is 0 Å². The standard InChI is InChI=1S/C15H23N3O4S/c1-11(19)18-12-5-7-13(8-6-12)23(21,22)17-10-9-16-14(20)15(2,3)4/h5-8,17H,9-10H2,1-4H3,(H,16,20)(H,18,19). The quantitative estimate of drug-likeness (QED) is 0.674. The molecule has 128 valence electrons. The Morgan fingerprint density at radius 3 is 2.09 bits per heavy atom. The van der Waals surface area contributed by atoms with Crippen LogP contribution >= 0.6 is 0 Å². The Balaban J connectivity index is 2.56. The lowest BCUT2D eigenvalue weighted by Crippen LogP contribution is -2.39. The second-order valence-corrected chi connectivity index (χ2v) is 7.88. The van der Waals surface area contributed by atoms with Crippen molar-refractivity contribution < 1.29 is 18.0 Å². The van der Waals surface area contributed by atoms with Gasteiger partial charge in [-0.25, -0.2) is 13.1 Å². The molecule has 0 spiro atoms. The Kier molecular flexibility index (Phi) is 6.28. The molecular weight excluding hydrogens is 318 g/mol. The molecule has 0 aliphatic rings. The van der Waals surface area contributed by atoms with Crippen LogP contribution in [0.15, 0.2) is 29.2 Å². The molecule has 0 aromatic heterocycles. The molecule has 0 aliphatic heterocycles. The highest BCUT2D eigenvalue weighted by Gasteiger charge is 2.20. The first-order chi connectivity index (χ1) is 10.5. The molecule has 23 heavy (non-hydrogen) atoms. The molecule has 7 nitrogen and oxygen atoms in total. The van der Waals surface area contributed by atoms with Gasteiger partial charge >= 0.3 is 0 Å². The van der Waals surface area contributed by atoms with Crippen molar-refractivity contribution in [2.45, 2.75) is 32.6 Å². The molecule has 0 fully saturated rings. The second-order valence-electron chi connectivity index (χ2n) is 6.11. The highest BCUT2D eigenvalue weighted by atomic mass is 32.2. The SMILES string of the molecule is CC(=O)Nc1ccc(S(=O)(=O)NCCNC(=O)C(C)(C)C)cc1. The van der Waals surface area contributed by atoms with Crippen molar-refractivity contribution in [3.63, 3.8) is 0 Å². The summed E-state index contributed by atoms with van der Waals surface area (Å²) in [6, 6.07) is 5.83. The summed E-state index contributed by atoms with van der Waals surface area (Å²) >= 11 is 0. The largest absolute Gasteiger partial charge is 0.354 e. The lowest BCUT2D eigenvalue weighted by atomic mass is 9.96. The van der Waals surface area contributed by atoms with E-state index in [-0.39, 0.29) is 29.8 Å². The van der Waals surface area contributed by atoms with E-state index >= 15 is 0 Å². The molecule has 0 aliphatic carbocycles. The molecule has 0 radical (unpaired) electrons. The van der Waals surface area contributed by atoms with Gasteiger partial charge in [-0.3, -0.25) is 9.59 Å². The third-order valence-corrected chi connectivity index (χ3v) is 4.35. The van der Waals surface area contributed by atoms with E-state index in [0.717, 1.165) is 0 Å². The second kappa shape index (κ2) is 7.56. The maximum absolute atomic E-state index is 12.1. The van der Waals surface area contributed by atoms with Gasteiger partial charge in [0.15, 0.2) is 0 Å². The third kappa shape index (κ3) is 6.37. The Bertz CT molecular complexity index is 661. The number of hydrogen-bond acceptors (Lipinski definition) is 4. The Morgan fingerprint density at radius 1 is 1.04 bits per heavy atom. The van der Waals surface area contributed by atoms with Crippen molar-refractivity contribution >= 4 is 27.5 Å². The minimum atomic E-state index is -3.65. The van der Waals surface area contributed by atoms with E-state index in [0.29, 0.717) is 5.69 Å². The van der Waals surface area contributed by atoms with Crippen LogP contribution in [0, 0.1) is 5.41 Å². The van der Waals surface area contributed by atoms with Crippen molar-refractivity contribution in [2.75, 3.05) is 18.4 Å². The zero-order chi connectivity index (χ0) is 17.7. The van der Waals surface area contributed by atoms with E-state index in [4.69, 9.17) is 0 Å². The zero-order valence-corrected chi connectivity index (χ0v) is 14.6. The van der Waals surface area contributed by atoms with Crippen LogP contribution in [0.25, 0.3) is 0 Å². The van der Waals surface area contributed by atoms with Gasteiger partial charge in [0.05, 0.1) is 4.90 Å². The minimum Gasteiger partial charge on any atom is -0.354 e. The lowest BCUT2D eigenvalue weighted by Gasteiger charge is -2.17. The lowest BCUT2D eigenvalue weighted by molar-refractivity contribution is -0.128. The fraction of sp³-hybridized carbons (Fsp3) is 0.467. The van der Waals surface area contributed by atoms with Crippen LogP contribution in [0.1, 0.15) is 27.7 Å². The molecule has 3 N–H and O–H groups in total. The smallest absolute Gasteiger partial charge is 0.240 e. The molecule has 0 saturated carbocycles. The predicted molar refractivity (Wildman–Crippen MR) is 88.4 cm³/mol. The average molecular weight is 341 g/mol. The zero-order valence-electron chi connectivity index (χ0n) is 13.8. The number of nitrogens with one attached hydrogen (secondary N) is 3. The first-order valence-electron chi connectivity index (χ1n) is 7.18. The number of sulfonamides is 1. The van der Waals surface area contributed by atoms with Crippen LogP contribution in [0.3, 0.4) is 0 Å². The van der Waals surface area contributed by atoms with Gasteiger partial charge in [-0.05, 0) is 24.3 Å². The molecule has 0 heterocycles. The van der Waals surface area contributed by atoms with Gasteiger partial charge in [0, 0.05) is 31.1 Å². The highest BCUT2D eigenvalue weighted by Crippen LogP contribution is 2.14.